The van der Waals surface area contributed by atoms with Gasteiger partial charge in [0, 0.05) is 17.5 Å². The second-order valence-corrected chi connectivity index (χ2v) is 4.89. The first-order valence-electron chi connectivity index (χ1n) is 5.36. The smallest absolute Gasteiger partial charge is 0.0438 e. The molecule has 1 atom stereocenters. The summed E-state index contributed by atoms with van der Waals surface area (Å²) < 4.78 is 2.49. The third-order valence-corrected chi connectivity index (χ3v) is 4.05. The maximum Gasteiger partial charge on any atom is 0.0438 e. The number of benzene rings is 1. The van der Waals surface area contributed by atoms with E-state index in [9.17, 15) is 0 Å². The van der Waals surface area contributed by atoms with E-state index in [1.807, 2.05) is 11.9 Å². The van der Waals surface area contributed by atoms with Crippen LogP contribution in [0.5, 0.6) is 0 Å². The van der Waals surface area contributed by atoms with Crippen LogP contribution >= 0.6 is 11.9 Å². The Balaban J connectivity index is 2.09. The van der Waals surface area contributed by atoms with E-state index in [-0.39, 0.29) is 0 Å². The second-order valence-electron chi connectivity index (χ2n) is 3.80. The summed E-state index contributed by atoms with van der Waals surface area (Å²) in [7, 11) is 0. The van der Waals surface area contributed by atoms with Gasteiger partial charge in [0.2, 0.25) is 0 Å². The van der Waals surface area contributed by atoms with Crippen molar-refractivity contribution in [2.24, 2.45) is 0 Å². The molecule has 1 unspecified atom stereocenters. The number of hydrogen-bond donors (Lipinski definition) is 0. The fourth-order valence-corrected chi connectivity index (χ4v) is 3.05. The van der Waals surface area contributed by atoms with Crippen LogP contribution in [0.15, 0.2) is 29.2 Å². The topological polar surface area (TPSA) is 3.24 Å². The quantitative estimate of drug-likeness (QED) is 0.692. The molecule has 0 aliphatic carbocycles. The molecule has 0 spiro atoms. The molecule has 14 heavy (non-hydrogen) atoms. The Kier molecular flexibility index (Phi) is 3.14. The Morgan fingerprint density at radius 3 is 2.86 bits per heavy atom. The average molecular weight is 207 g/mol. The average Bonchev–Trinajstić information content (AvgIpc) is 2.54. The zero-order valence-electron chi connectivity index (χ0n) is 8.86. The van der Waals surface area contributed by atoms with Crippen LogP contribution in [-0.2, 0) is 0 Å². The van der Waals surface area contributed by atoms with Crippen molar-refractivity contribution in [3.05, 3.63) is 29.8 Å². The third-order valence-electron chi connectivity index (χ3n) is 2.75. The Bertz CT molecular complexity index is 311. The van der Waals surface area contributed by atoms with Crippen molar-refractivity contribution >= 4 is 11.9 Å². The molecular weight excluding hydrogens is 190 g/mol. The van der Waals surface area contributed by atoms with Gasteiger partial charge in [-0.25, -0.2) is 4.31 Å². The highest BCUT2D eigenvalue weighted by molar-refractivity contribution is 7.97. The maximum absolute atomic E-state index is 2.49. The fraction of sp³-hybridized carbons (Fsp3) is 0.500. The van der Waals surface area contributed by atoms with Crippen molar-refractivity contribution in [3.63, 3.8) is 0 Å². The Morgan fingerprint density at radius 2 is 2.14 bits per heavy atom. The molecule has 2 rings (SSSR count). The van der Waals surface area contributed by atoms with Gasteiger partial charge in [-0.15, -0.1) is 0 Å². The number of nitrogens with zero attached hydrogens (tertiary/aromatic N) is 1. The number of rotatable bonds is 3. The summed E-state index contributed by atoms with van der Waals surface area (Å²) in [5.74, 6) is 0. The van der Waals surface area contributed by atoms with E-state index >= 15 is 0 Å². The lowest BCUT2D eigenvalue weighted by Gasteiger charge is -2.19. The van der Waals surface area contributed by atoms with Crippen LogP contribution in [0.25, 0.3) is 0 Å². The van der Waals surface area contributed by atoms with Crippen molar-refractivity contribution in [2.75, 3.05) is 6.54 Å². The lowest BCUT2D eigenvalue weighted by atomic mass is 10.1. The summed E-state index contributed by atoms with van der Waals surface area (Å²) in [6.45, 7) is 5.75. The summed E-state index contributed by atoms with van der Waals surface area (Å²) in [5.41, 5.74) is 1.49. The normalized spacial score (nSPS) is 21.1. The summed E-state index contributed by atoms with van der Waals surface area (Å²) in [6, 6.07) is 9.32. The van der Waals surface area contributed by atoms with Crippen LogP contribution < -0.4 is 0 Å². The number of fused-ring (bicyclic) bond motifs is 1. The standard InChI is InChI=1S/C12H17NS/c1-3-4-9-13-10(2)11-7-5-6-8-12(11)14-13/h5-8,10H,3-4,9H2,1-2H3. The van der Waals surface area contributed by atoms with Gasteiger partial charge in [-0.1, -0.05) is 31.5 Å². The summed E-state index contributed by atoms with van der Waals surface area (Å²) >= 11 is 1.92. The molecule has 0 amide bonds. The van der Waals surface area contributed by atoms with Crippen LogP contribution in [-0.4, -0.2) is 10.8 Å². The molecular formula is C12H17NS. The minimum absolute atomic E-state index is 0.586. The van der Waals surface area contributed by atoms with Crippen LogP contribution in [0.4, 0.5) is 0 Å². The Hall–Kier alpha value is -0.470. The van der Waals surface area contributed by atoms with Crippen LogP contribution in [0.1, 0.15) is 38.3 Å². The lowest BCUT2D eigenvalue weighted by Crippen LogP contribution is -2.15. The summed E-state index contributed by atoms with van der Waals surface area (Å²) in [6.07, 6.45) is 2.57. The predicted molar refractivity (Wildman–Crippen MR) is 62.3 cm³/mol. The molecule has 0 saturated heterocycles. The van der Waals surface area contributed by atoms with Crippen molar-refractivity contribution in [2.45, 2.75) is 37.6 Å². The molecule has 0 fully saturated rings. The molecule has 0 N–H and O–H groups in total. The van der Waals surface area contributed by atoms with Crippen molar-refractivity contribution in [1.82, 2.24) is 4.31 Å². The van der Waals surface area contributed by atoms with Gasteiger partial charge in [-0.2, -0.15) is 0 Å². The Labute approximate surface area is 90.6 Å². The highest BCUT2D eigenvalue weighted by Crippen LogP contribution is 2.43. The Morgan fingerprint density at radius 1 is 1.36 bits per heavy atom. The molecule has 2 heteroatoms. The largest absolute Gasteiger partial charge is 0.239 e. The van der Waals surface area contributed by atoms with Gasteiger partial charge in [-0.3, -0.25) is 0 Å². The van der Waals surface area contributed by atoms with E-state index in [0.717, 1.165) is 0 Å². The molecule has 1 heterocycles. The van der Waals surface area contributed by atoms with Crippen molar-refractivity contribution < 1.29 is 0 Å². The van der Waals surface area contributed by atoms with E-state index < -0.39 is 0 Å². The molecule has 0 aromatic heterocycles. The first-order chi connectivity index (χ1) is 6.83. The van der Waals surface area contributed by atoms with E-state index in [0.29, 0.717) is 6.04 Å². The van der Waals surface area contributed by atoms with Crippen LogP contribution in [0.3, 0.4) is 0 Å². The van der Waals surface area contributed by atoms with E-state index in [1.165, 1.54) is 29.8 Å². The van der Waals surface area contributed by atoms with Gasteiger partial charge in [0.1, 0.15) is 0 Å². The van der Waals surface area contributed by atoms with E-state index in [1.54, 1.807) is 0 Å². The van der Waals surface area contributed by atoms with Gasteiger partial charge in [0.25, 0.3) is 0 Å². The molecule has 1 aliphatic rings. The zero-order chi connectivity index (χ0) is 9.97. The summed E-state index contributed by atoms with van der Waals surface area (Å²) in [4.78, 5) is 1.44. The molecule has 1 aliphatic heterocycles. The minimum atomic E-state index is 0.586. The van der Waals surface area contributed by atoms with Crippen LogP contribution in [0, 0.1) is 0 Å². The van der Waals surface area contributed by atoms with Gasteiger partial charge >= 0.3 is 0 Å². The number of unbranched alkanes of at least 4 members (excludes halogenated alkanes) is 1. The zero-order valence-corrected chi connectivity index (χ0v) is 9.68. The molecule has 0 radical (unpaired) electrons. The second kappa shape index (κ2) is 4.37. The molecule has 1 nitrogen and oxygen atoms in total. The maximum atomic E-state index is 2.49. The SMILES string of the molecule is CCCCN1Sc2ccccc2C1C. The first kappa shape index (κ1) is 10.1. The van der Waals surface area contributed by atoms with Gasteiger partial charge < -0.3 is 0 Å². The number of hydrogen-bond acceptors (Lipinski definition) is 2. The highest BCUT2D eigenvalue weighted by atomic mass is 32.2. The molecule has 76 valence electrons. The summed E-state index contributed by atoms with van der Waals surface area (Å²) in [5, 5.41) is 0. The first-order valence-corrected chi connectivity index (χ1v) is 6.14. The minimum Gasteiger partial charge on any atom is -0.239 e. The van der Waals surface area contributed by atoms with Crippen LogP contribution in [0.2, 0.25) is 0 Å². The molecule has 1 aromatic carbocycles. The predicted octanol–water partition coefficient (Wildman–Crippen LogP) is 3.87. The monoisotopic (exact) mass is 207 g/mol. The lowest BCUT2D eigenvalue weighted by molar-refractivity contribution is 0.386. The molecule has 0 saturated carbocycles. The molecule has 0 bridgehead atoms. The van der Waals surface area contributed by atoms with E-state index in [4.69, 9.17) is 0 Å². The van der Waals surface area contributed by atoms with Gasteiger partial charge in [-0.05, 0) is 36.9 Å². The van der Waals surface area contributed by atoms with Crippen molar-refractivity contribution in [3.8, 4) is 0 Å². The van der Waals surface area contributed by atoms with Gasteiger partial charge in [0.15, 0.2) is 0 Å². The highest BCUT2D eigenvalue weighted by Gasteiger charge is 2.26. The van der Waals surface area contributed by atoms with Gasteiger partial charge in [0.05, 0.1) is 0 Å². The molecule has 1 aromatic rings. The van der Waals surface area contributed by atoms with Crippen molar-refractivity contribution in [1.29, 1.82) is 0 Å². The fourth-order valence-electron chi connectivity index (χ4n) is 1.82. The van der Waals surface area contributed by atoms with E-state index in [2.05, 4.69) is 42.4 Å². The third kappa shape index (κ3) is 1.82.